The lowest BCUT2D eigenvalue weighted by Crippen LogP contribution is -2.09. The first-order valence-corrected chi connectivity index (χ1v) is 21.5. The van der Waals surface area contributed by atoms with E-state index in [2.05, 4.69) is 217 Å². The molecular formula is C58H37NOS. The van der Waals surface area contributed by atoms with Gasteiger partial charge in [-0.25, -0.2) is 0 Å². The third-order valence-corrected chi connectivity index (χ3v) is 13.2. The molecule has 0 radical (unpaired) electrons. The Morgan fingerprint density at radius 3 is 1.46 bits per heavy atom. The third kappa shape index (κ3) is 6.35. The summed E-state index contributed by atoms with van der Waals surface area (Å²) in [7, 11) is 0. The maximum atomic E-state index is 6.13. The molecule has 0 amide bonds. The lowest BCUT2D eigenvalue weighted by atomic mass is 9.97. The molecule has 0 unspecified atom stereocenters. The Hall–Kier alpha value is -7.72. The molecule has 0 aliphatic carbocycles. The van der Waals surface area contributed by atoms with Crippen molar-refractivity contribution in [2.45, 2.75) is 0 Å². The van der Waals surface area contributed by atoms with Crippen LogP contribution in [0.5, 0.6) is 0 Å². The standard InChI is InChI=1S/C58H37NOS/c1-2-9-42-35-45(17-16-38(42)8-1)44-11-7-10-43(34-44)39-18-26-48(27-19-39)59(49-28-20-40(21-29-49)46-24-32-56-53(36-46)51-12-3-5-14-55(51)60-56)50-30-22-41(23-31-50)47-25-33-58-54(37-47)52-13-4-6-15-57(52)61-58/h1-37H. The van der Waals surface area contributed by atoms with Gasteiger partial charge in [-0.3, -0.25) is 0 Å². The van der Waals surface area contributed by atoms with Crippen molar-refractivity contribution in [2.75, 3.05) is 4.90 Å². The van der Waals surface area contributed by atoms with Gasteiger partial charge in [-0.05, 0) is 140 Å². The van der Waals surface area contributed by atoms with E-state index in [0.29, 0.717) is 0 Å². The molecule has 0 atom stereocenters. The van der Waals surface area contributed by atoms with Crippen molar-refractivity contribution >= 4 is 81.3 Å². The van der Waals surface area contributed by atoms with Crippen LogP contribution < -0.4 is 4.90 Å². The highest BCUT2D eigenvalue weighted by Gasteiger charge is 2.16. The average Bonchev–Trinajstić information content (AvgIpc) is 3.90. The molecule has 10 aromatic carbocycles. The largest absolute Gasteiger partial charge is 0.456 e. The summed E-state index contributed by atoms with van der Waals surface area (Å²) in [5.41, 5.74) is 14.6. The molecule has 0 saturated heterocycles. The number of hydrogen-bond donors (Lipinski definition) is 0. The summed E-state index contributed by atoms with van der Waals surface area (Å²) in [6, 6.07) is 81.3. The van der Waals surface area contributed by atoms with Crippen LogP contribution in [0.15, 0.2) is 229 Å². The fraction of sp³-hybridized carbons (Fsp3) is 0. The van der Waals surface area contributed by atoms with Crippen LogP contribution in [0.1, 0.15) is 0 Å². The second kappa shape index (κ2) is 14.5. The average molecular weight is 796 g/mol. The Morgan fingerprint density at radius 1 is 0.279 bits per heavy atom. The van der Waals surface area contributed by atoms with Gasteiger partial charge in [0.15, 0.2) is 0 Å². The SMILES string of the molecule is c1cc(-c2ccc(N(c3ccc(-c4ccc5oc6ccccc6c5c4)cc3)c3ccc(-c4ccc5sc6ccccc6c5c4)cc3)cc2)cc(-c2ccc3ccccc3c2)c1. The van der Waals surface area contributed by atoms with Gasteiger partial charge < -0.3 is 9.32 Å². The van der Waals surface area contributed by atoms with Crippen LogP contribution in [0.4, 0.5) is 17.1 Å². The Labute approximate surface area is 357 Å². The maximum Gasteiger partial charge on any atom is 0.135 e. The smallest absolute Gasteiger partial charge is 0.135 e. The van der Waals surface area contributed by atoms with E-state index < -0.39 is 0 Å². The lowest BCUT2D eigenvalue weighted by Gasteiger charge is -2.26. The van der Waals surface area contributed by atoms with Crippen molar-refractivity contribution in [1.29, 1.82) is 0 Å². The number of benzene rings is 10. The van der Waals surface area contributed by atoms with E-state index in [4.69, 9.17) is 4.42 Å². The molecular weight excluding hydrogens is 759 g/mol. The predicted molar refractivity (Wildman–Crippen MR) is 261 cm³/mol. The van der Waals surface area contributed by atoms with Gasteiger partial charge in [-0.2, -0.15) is 0 Å². The van der Waals surface area contributed by atoms with Gasteiger partial charge in [0, 0.05) is 48.0 Å². The number of fused-ring (bicyclic) bond motifs is 7. The Balaban J connectivity index is 0.904. The maximum absolute atomic E-state index is 6.13. The van der Waals surface area contributed by atoms with Gasteiger partial charge in [0.05, 0.1) is 0 Å². The van der Waals surface area contributed by atoms with Crippen LogP contribution in [-0.2, 0) is 0 Å². The monoisotopic (exact) mass is 795 g/mol. The molecule has 12 rings (SSSR count). The van der Waals surface area contributed by atoms with Crippen LogP contribution in [0.2, 0.25) is 0 Å². The number of hydrogen-bond acceptors (Lipinski definition) is 3. The van der Waals surface area contributed by atoms with E-state index in [1.54, 1.807) is 0 Å². The van der Waals surface area contributed by atoms with E-state index in [1.807, 2.05) is 23.5 Å². The van der Waals surface area contributed by atoms with E-state index in [9.17, 15) is 0 Å². The first-order chi connectivity index (χ1) is 30.2. The van der Waals surface area contributed by atoms with E-state index in [-0.39, 0.29) is 0 Å². The molecule has 2 nitrogen and oxygen atoms in total. The second-order valence-corrected chi connectivity index (χ2v) is 16.8. The molecule has 0 fully saturated rings. The topological polar surface area (TPSA) is 16.4 Å². The predicted octanol–water partition coefficient (Wildman–Crippen LogP) is 17.2. The van der Waals surface area contributed by atoms with Crippen molar-refractivity contribution in [3.05, 3.63) is 224 Å². The summed E-state index contributed by atoms with van der Waals surface area (Å²) in [5, 5.41) is 7.40. The van der Waals surface area contributed by atoms with Gasteiger partial charge in [-0.15, -0.1) is 11.3 Å². The summed E-state index contributed by atoms with van der Waals surface area (Å²) >= 11 is 1.86. The van der Waals surface area contributed by atoms with Crippen LogP contribution in [0, 0.1) is 0 Å². The molecule has 0 spiro atoms. The Morgan fingerprint density at radius 2 is 0.754 bits per heavy atom. The quantitative estimate of drug-likeness (QED) is 0.160. The first kappa shape index (κ1) is 35.2. The summed E-state index contributed by atoms with van der Waals surface area (Å²) in [4.78, 5) is 2.35. The Kier molecular flexibility index (Phi) is 8.39. The molecule has 3 heteroatoms. The summed E-state index contributed by atoms with van der Waals surface area (Å²) < 4.78 is 8.77. The minimum atomic E-state index is 0.906. The molecule has 286 valence electrons. The van der Waals surface area contributed by atoms with Crippen LogP contribution in [0.25, 0.3) is 97.4 Å². The fourth-order valence-corrected chi connectivity index (χ4v) is 10.0. The number of anilines is 3. The molecule has 2 heterocycles. The minimum absolute atomic E-state index is 0.906. The van der Waals surface area contributed by atoms with Gasteiger partial charge >= 0.3 is 0 Å². The van der Waals surface area contributed by atoms with Crippen molar-refractivity contribution in [3.8, 4) is 44.5 Å². The molecule has 0 bridgehead atoms. The number of rotatable bonds is 7. The summed E-state index contributed by atoms with van der Waals surface area (Å²) in [5.74, 6) is 0. The number of thiophene rings is 1. The summed E-state index contributed by atoms with van der Waals surface area (Å²) in [6.45, 7) is 0. The van der Waals surface area contributed by atoms with Crippen molar-refractivity contribution in [2.24, 2.45) is 0 Å². The molecule has 12 aromatic rings. The van der Waals surface area contributed by atoms with Crippen molar-refractivity contribution < 1.29 is 4.42 Å². The Bertz CT molecular complexity index is 3420. The molecule has 2 aromatic heterocycles. The van der Waals surface area contributed by atoms with Gasteiger partial charge in [-0.1, -0.05) is 140 Å². The normalized spacial score (nSPS) is 11.6. The van der Waals surface area contributed by atoms with E-state index in [0.717, 1.165) is 50.1 Å². The zero-order chi connectivity index (χ0) is 40.3. The van der Waals surface area contributed by atoms with E-state index >= 15 is 0 Å². The van der Waals surface area contributed by atoms with Crippen molar-refractivity contribution in [1.82, 2.24) is 0 Å². The van der Waals surface area contributed by atoms with Crippen LogP contribution in [0.3, 0.4) is 0 Å². The third-order valence-electron chi connectivity index (χ3n) is 12.1. The number of nitrogens with zero attached hydrogens (tertiary/aromatic N) is 1. The highest BCUT2D eigenvalue weighted by Crippen LogP contribution is 2.41. The molecule has 0 N–H and O–H groups in total. The zero-order valence-corrected chi connectivity index (χ0v) is 33.9. The fourth-order valence-electron chi connectivity index (χ4n) is 8.91. The molecule has 61 heavy (non-hydrogen) atoms. The summed E-state index contributed by atoms with van der Waals surface area (Å²) in [6.07, 6.45) is 0. The first-order valence-electron chi connectivity index (χ1n) is 20.7. The lowest BCUT2D eigenvalue weighted by molar-refractivity contribution is 0.669. The van der Waals surface area contributed by atoms with Gasteiger partial charge in [0.25, 0.3) is 0 Å². The van der Waals surface area contributed by atoms with Crippen molar-refractivity contribution in [3.63, 3.8) is 0 Å². The number of para-hydroxylation sites is 1. The van der Waals surface area contributed by atoms with E-state index in [1.165, 1.54) is 64.3 Å². The molecule has 0 aliphatic heterocycles. The van der Waals surface area contributed by atoms with Crippen LogP contribution in [-0.4, -0.2) is 0 Å². The zero-order valence-electron chi connectivity index (χ0n) is 33.1. The minimum Gasteiger partial charge on any atom is -0.456 e. The number of furan rings is 1. The highest BCUT2D eigenvalue weighted by molar-refractivity contribution is 7.25. The highest BCUT2D eigenvalue weighted by atomic mass is 32.1. The van der Waals surface area contributed by atoms with Gasteiger partial charge in [0.1, 0.15) is 11.2 Å². The molecule has 0 aliphatic rings. The van der Waals surface area contributed by atoms with Gasteiger partial charge in [0.2, 0.25) is 0 Å². The second-order valence-electron chi connectivity index (χ2n) is 15.7. The molecule has 0 saturated carbocycles. The van der Waals surface area contributed by atoms with Crippen LogP contribution >= 0.6 is 11.3 Å².